The fourth-order valence-electron chi connectivity index (χ4n) is 0.669. The molecule has 0 aliphatic heterocycles. The van der Waals surface area contributed by atoms with Crippen molar-refractivity contribution in [3.63, 3.8) is 0 Å². The molecule has 1 N–H and O–H groups in total. The minimum Gasteiger partial charge on any atom is -0.350 e. The second-order valence-corrected chi connectivity index (χ2v) is 3.38. The number of amides is 1. The summed E-state index contributed by atoms with van der Waals surface area (Å²) < 4.78 is 0. The summed E-state index contributed by atoms with van der Waals surface area (Å²) in [5, 5.41) is 2.79. The SMILES string of the molecule is C=CC(=O)NC(C)CCSC. The van der Waals surface area contributed by atoms with Gasteiger partial charge in [-0.15, -0.1) is 0 Å². The first-order valence-electron chi connectivity index (χ1n) is 3.62. The first kappa shape index (κ1) is 10.6. The zero-order chi connectivity index (χ0) is 8.69. The van der Waals surface area contributed by atoms with Gasteiger partial charge in [-0.05, 0) is 31.4 Å². The number of carbonyl (C=O) groups excluding carboxylic acids is 1. The van der Waals surface area contributed by atoms with Crippen molar-refractivity contribution < 1.29 is 4.79 Å². The van der Waals surface area contributed by atoms with Crippen LogP contribution in [0.4, 0.5) is 0 Å². The first-order chi connectivity index (χ1) is 5.20. The molecule has 0 aromatic heterocycles. The lowest BCUT2D eigenvalue weighted by atomic mass is 10.2. The standard InChI is InChI=1S/C8H15NOS/c1-4-8(10)9-7(2)5-6-11-3/h4,7H,1,5-6H2,2-3H3,(H,9,10). The predicted octanol–water partition coefficient (Wildman–Crippen LogP) is 1.43. The molecule has 0 radical (unpaired) electrons. The van der Waals surface area contributed by atoms with Crippen molar-refractivity contribution in [2.24, 2.45) is 0 Å². The maximum Gasteiger partial charge on any atom is 0.243 e. The van der Waals surface area contributed by atoms with E-state index in [0.717, 1.165) is 12.2 Å². The van der Waals surface area contributed by atoms with Crippen LogP contribution in [0.3, 0.4) is 0 Å². The molecule has 1 atom stereocenters. The molecular formula is C8H15NOS. The van der Waals surface area contributed by atoms with Gasteiger partial charge in [0.05, 0.1) is 0 Å². The minimum atomic E-state index is -0.0846. The number of hydrogen-bond donors (Lipinski definition) is 1. The minimum absolute atomic E-state index is 0.0846. The van der Waals surface area contributed by atoms with Gasteiger partial charge in [-0.25, -0.2) is 0 Å². The molecule has 64 valence electrons. The molecule has 0 aromatic rings. The van der Waals surface area contributed by atoms with Crippen molar-refractivity contribution in [2.75, 3.05) is 12.0 Å². The van der Waals surface area contributed by atoms with Crippen molar-refractivity contribution in [3.8, 4) is 0 Å². The van der Waals surface area contributed by atoms with Gasteiger partial charge in [0.25, 0.3) is 0 Å². The molecular weight excluding hydrogens is 158 g/mol. The third kappa shape index (κ3) is 5.98. The molecule has 11 heavy (non-hydrogen) atoms. The smallest absolute Gasteiger partial charge is 0.243 e. The van der Waals surface area contributed by atoms with E-state index in [1.807, 2.05) is 6.92 Å². The molecule has 0 saturated carbocycles. The number of thioether (sulfide) groups is 1. The quantitative estimate of drug-likeness (QED) is 0.637. The second kappa shape index (κ2) is 6.28. The van der Waals surface area contributed by atoms with E-state index < -0.39 is 0 Å². The van der Waals surface area contributed by atoms with Crippen molar-refractivity contribution >= 4 is 17.7 Å². The van der Waals surface area contributed by atoms with Crippen LogP contribution in [-0.4, -0.2) is 24.0 Å². The highest BCUT2D eigenvalue weighted by molar-refractivity contribution is 7.98. The van der Waals surface area contributed by atoms with Crippen LogP contribution in [0.15, 0.2) is 12.7 Å². The summed E-state index contributed by atoms with van der Waals surface area (Å²) in [4.78, 5) is 10.7. The zero-order valence-corrected chi connectivity index (χ0v) is 7.91. The maximum atomic E-state index is 10.7. The van der Waals surface area contributed by atoms with E-state index in [4.69, 9.17) is 0 Å². The molecule has 1 amide bonds. The number of rotatable bonds is 5. The highest BCUT2D eigenvalue weighted by Gasteiger charge is 2.02. The van der Waals surface area contributed by atoms with Crippen LogP contribution >= 0.6 is 11.8 Å². The van der Waals surface area contributed by atoms with Crippen molar-refractivity contribution in [2.45, 2.75) is 19.4 Å². The predicted molar refractivity (Wildman–Crippen MR) is 50.8 cm³/mol. The Hall–Kier alpha value is -0.440. The van der Waals surface area contributed by atoms with Crippen LogP contribution in [0.1, 0.15) is 13.3 Å². The molecule has 0 spiro atoms. The molecule has 1 unspecified atom stereocenters. The Labute approximate surface area is 72.4 Å². The fourth-order valence-corrected chi connectivity index (χ4v) is 1.26. The van der Waals surface area contributed by atoms with Gasteiger partial charge in [-0.1, -0.05) is 6.58 Å². The molecule has 0 aliphatic rings. The summed E-state index contributed by atoms with van der Waals surface area (Å²) in [6.07, 6.45) is 4.37. The van der Waals surface area contributed by atoms with Crippen LogP contribution < -0.4 is 5.32 Å². The van der Waals surface area contributed by atoms with Gasteiger partial charge in [-0.3, -0.25) is 4.79 Å². The van der Waals surface area contributed by atoms with E-state index in [0.29, 0.717) is 0 Å². The van der Waals surface area contributed by atoms with E-state index in [2.05, 4.69) is 18.2 Å². The van der Waals surface area contributed by atoms with E-state index in [1.54, 1.807) is 11.8 Å². The number of hydrogen-bond acceptors (Lipinski definition) is 2. The third-order valence-corrected chi connectivity index (χ3v) is 1.97. The molecule has 2 nitrogen and oxygen atoms in total. The van der Waals surface area contributed by atoms with Crippen LogP contribution in [0.2, 0.25) is 0 Å². The lowest BCUT2D eigenvalue weighted by Crippen LogP contribution is -2.31. The molecule has 0 saturated heterocycles. The topological polar surface area (TPSA) is 29.1 Å². The normalized spacial score (nSPS) is 12.2. The van der Waals surface area contributed by atoms with E-state index in [-0.39, 0.29) is 11.9 Å². The Morgan fingerprint density at radius 3 is 2.91 bits per heavy atom. The second-order valence-electron chi connectivity index (χ2n) is 2.40. The zero-order valence-electron chi connectivity index (χ0n) is 7.09. The molecule has 0 rings (SSSR count). The van der Waals surface area contributed by atoms with Crippen molar-refractivity contribution in [3.05, 3.63) is 12.7 Å². The Morgan fingerprint density at radius 1 is 1.82 bits per heavy atom. The number of nitrogens with one attached hydrogen (secondary N) is 1. The summed E-state index contributed by atoms with van der Waals surface area (Å²) in [7, 11) is 0. The molecule has 0 fully saturated rings. The van der Waals surface area contributed by atoms with Gasteiger partial charge in [0.2, 0.25) is 5.91 Å². The van der Waals surface area contributed by atoms with E-state index in [9.17, 15) is 4.79 Å². The summed E-state index contributed by atoms with van der Waals surface area (Å²) in [6.45, 7) is 5.37. The highest BCUT2D eigenvalue weighted by atomic mass is 32.2. The lowest BCUT2D eigenvalue weighted by molar-refractivity contribution is -0.117. The van der Waals surface area contributed by atoms with Crippen LogP contribution in [0, 0.1) is 0 Å². The fraction of sp³-hybridized carbons (Fsp3) is 0.625. The Kier molecular flexibility index (Phi) is 6.03. The molecule has 3 heteroatoms. The average Bonchev–Trinajstić information content (AvgIpc) is 2.00. The number of carbonyl (C=O) groups is 1. The van der Waals surface area contributed by atoms with Gasteiger partial charge >= 0.3 is 0 Å². The lowest BCUT2D eigenvalue weighted by Gasteiger charge is -2.10. The Bertz CT molecular complexity index is 136. The van der Waals surface area contributed by atoms with Gasteiger partial charge in [0.1, 0.15) is 0 Å². The molecule has 0 aromatic carbocycles. The third-order valence-electron chi connectivity index (χ3n) is 1.33. The Morgan fingerprint density at radius 2 is 2.45 bits per heavy atom. The molecule has 0 bridgehead atoms. The van der Waals surface area contributed by atoms with Crippen LogP contribution in [0.5, 0.6) is 0 Å². The van der Waals surface area contributed by atoms with Crippen molar-refractivity contribution in [1.29, 1.82) is 0 Å². The summed E-state index contributed by atoms with van der Waals surface area (Å²) in [5.74, 6) is 0.997. The maximum absolute atomic E-state index is 10.7. The molecule has 0 heterocycles. The van der Waals surface area contributed by atoms with Gasteiger partial charge < -0.3 is 5.32 Å². The van der Waals surface area contributed by atoms with Gasteiger partial charge in [-0.2, -0.15) is 11.8 Å². The van der Waals surface area contributed by atoms with Crippen LogP contribution in [0.25, 0.3) is 0 Å². The summed E-state index contributed by atoms with van der Waals surface area (Å²) in [5.41, 5.74) is 0. The summed E-state index contributed by atoms with van der Waals surface area (Å²) in [6, 6.07) is 0.257. The molecule has 0 aliphatic carbocycles. The monoisotopic (exact) mass is 173 g/mol. The largest absolute Gasteiger partial charge is 0.350 e. The average molecular weight is 173 g/mol. The first-order valence-corrected chi connectivity index (χ1v) is 5.02. The van der Waals surface area contributed by atoms with Gasteiger partial charge in [0, 0.05) is 6.04 Å². The van der Waals surface area contributed by atoms with Crippen molar-refractivity contribution in [1.82, 2.24) is 5.32 Å². The summed E-state index contributed by atoms with van der Waals surface area (Å²) >= 11 is 1.79. The Balaban J connectivity index is 3.43. The van der Waals surface area contributed by atoms with Crippen LogP contribution in [-0.2, 0) is 4.79 Å². The highest BCUT2D eigenvalue weighted by Crippen LogP contribution is 1.99. The van der Waals surface area contributed by atoms with Gasteiger partial charge in [0.15, 0.2) is 0 Å². The van der Waals surface area contributed by atoms with E-state index in [1.165, 1.54) is 6.08 Å². The van der Waals surface area contributed by atoms with E-state index >= 15 is 0 Å².